The van der Waals surface area contributed by atoms with Crippen LogP contribution in [0.3, 0.4) is 0 Å². The van der Waals surface area contributed by atoms with Gasteiger partial charge in [-0.1, -0.05) is 177 Å². The Morgan fingerprint density at radius 1 is 0.426 bits per heavy atom. The number of carbonyl (C=O) groups excluding carboxylic acids is 2. The molecule has 0 saturated carbocycles. The van der Waals surface area contributed by atoms with E-state index < -0.39 is 6.10 Å². The molecule has 0 spiro atoms. The smallest absolute Gasteiger partial charge is 0.306 e. The molecule has 0 aromatic carbocycles. The molecule has 0 rings (SSSR count). The van der Waals surface area contributed by atoms with Crippen LogP contribution in [-0.4, -0.2) is 37.9 Å². The van der Waals surface area contributed by atoms with Crippen molar-refractivity contribution in [2.24, 2.45) is 0 Å². The van der Waals surface area contributed by atoms with Gasteiger partial charge in [0.15, 0.2) is 6.10 Å². The van der Waals surface area contributed by atoms with Crippen molar-refractivity contribution in [3.63, 3.8) is 0 Å². The molecule has 0 fully saturated rings. The summed E-state index contributed by atoms with van der Waals surface area (Å²) >= 11 is 0. The van der Waals surface area contributed by atoms with Crippen molar-refractivity contribution in [1.82, 2.24) is 0 Å². The maximum absolute atomic E-state index is 12.7. The monoisotopic (exact) mass is 753 g/mol. The van der Waals surface area contributed by atoms with Crippen LogP contribution < -0.4 is 0 Å². The van der Waals surface area contributed by atoms with E-state index in [0.717, 1.165) is 103 Å². The van der Waals surface area contributed by atoms with Gasteiger partial charge in [-0.2, -0.15) is 0 Å². The van der Waals surface area contributed by atoms with Crippen molar-refractivity contribution in [2.75, 3.05) is 19.8 Å². The number of hydrogen-bond donors (Lipinski definition) is 0. The van der Waals surface area contributed by atoms with Crippen LogP contribution in [0.2, 0.25) is 0 Å². The molecule has 0 aliphatic heterocycles. The maximum Gasteiger partial charge on any atom is 0.306 e. The lowest BCUT2D eigenvalue weighted by Crippen LogP contribution is -2.30. The highest BCUT2D eigenvalue weighted by atomic mass is 16.6. The van der Waals surface area contributed by atoms with Crippen molar-refractivity contribution in [2.45, 2.75) is 207 Å². The van der Waals surface area contributed by atoms with Crippen molar-refractivity contribution < 1.29 is 23.8 Å². The molecule has 0 bridgehead atoms. The summed E-state index contributed by atoms with van der Waals surface area (Å²) in [6.45, 7) is 7.53. The van der Waals surface area contributed by atoms with Gasteiger partial charge < -0.3 is 14.2 Å². The molecule has 0 N–H and O–H groups in total. The minimum Gasteiger partial charge on any atom is -0.462 e. The van der Waals surface area contributed by atoms with Crippen LogP contribution in [0.25, 0.3) is 0 Å². The average molecular weight is 753 g/mol. The predicted molar refractivity (Wildman–Crippen MR) is 233 cm³/mol. The minimum absolute atomic E-state index is 0.0708. The Balaban J connectivity index is 4.17. The first-order chi connectivity index (χ1) is 26.6. The van der Waals surface area contributed by atoms with Gasteiger partial charge in [0, 0.05) is 19.4 Å². The first-order valence-electron chi connectivity index (χ1n) is 22.5. The third kappa shape index (κ3) is 42.1. The topological polar surface area (TPSA) is 61.8 Å². The molecule has 0 aromatic heterocycles. The Kier molecular flexibility index (Phi) is 42.5. The quantitative estimate of drug-likeness (QED) is 0.0354. The van der Waals surface area contributed by atoms with Crippen LogP contribution >= 0.6 is 0 Å². The van der Waals surface area contributed by atoms with Crippen LogP contribution in [0.1, 0.15) is 201 Å². The Morgan fingerprint density at radius 3 is 1.33 bits per heavy atom. The lowest BCUT2D eigenvalue weighted by molar-refractivity contribution is -0.163. The lowest BCUT2D eigenvalue weighted by atomic mass is 10.1. The van der Waals surface area contributed by atoms with Crippen LogP contribution in [0, 0.1) is 0 Å². The van der Waals surface area contributed by atoms with E-state index in [4.69, 9.17) is 14.2 Å². The van der Waals surface area contributed by atoms with Crippen LogP contribution in [0.15, 0.2) is 72.9 Å². The van der Waals surface area contributed by atoms with Gasteiger partial charge in [-0.05, 0) is 83.5 Å². The average Bonchev–Trinajstić information content (AvgIpc) is 3.17. The second-order valence-electron chi connectivity index (χ2n) is 14.5. The normalized spacial score (nSPS) is 12.9. The summed E-state index contributed by atoms with van der Waals surface area (Å²) in [5.74, 6) is -0.434. The molecule has 1 unspecified atom stereocenters. The van der Waals surface area contributed by atoms with Crippen molar-refractivity contribution >= 4 is 11.9 Å². The van der Waals surface area contributed by atoms with E-state index in [1.54, 1.807) is 0 Å². The van der Waals surface area contributed by atoms with Gasteiger partial charge in [0.2, 0.25) is 0 Å². The highest BCUT2D eigenvalue weighted by Crippen LogP contribution is 2.13. The second kappa shape index (κ2) is 44.7. The van der Waals surface area contributed by atoms with Gasteiger partial charge in [-0.15, -0.1) is 0 Å². The van der Waals surface area contributed by atoms with E-state index in [2.05, 4.69) is 93.7 Å². The van der Waals surface area contributed by atoms with Gasteiger partial charge >= 0.3 is 11.9 Å². The summed E-state index contributed by atoms with van der Waals surface area (Å²) in [6.07, 6.45) is 56.2. The number of esters is 2. The van der Waals surface area contributed by atoms with Crippen LogP contribution in [0.5, 0.6) is 0 Å². The van der Waals surface area contributed by atoms with E-state index in [0.29, 0.717) is 19.4 Å². The van der Waals surface area contributed by atoms with Crippen molar-refractivity contribution in [3.8, 4) is 0 Å². The number of ether oxygens (including phenoxy) is 3. The highest BCUT2D eigenvalue weighted by Gasteiger charge is 2.17. The number of allylic oxidation sites excluding steroid dienone is 12. The third-order valence-corrected chi connectivity index (χ3v) is 9.24. The standard InChI is InChI=1S/C49H84O5/c1-4-7-10-13-16-18-20-22-24-25-27-28-30-32-34-36-39-42-48(50)53-46-47(45-52-44-41-38-15-12-9-6-3)54-49(51)43-40-37-35-33-31-29-26-23-21-19-17-14-11-8-5-2/h7-8,10-11,16-19,22-24,26,47H,4-6,9,12-15,20-21,25,27-46H2,1-3H3/b10-7-,11-8-,18-16-,19-17-,24-22-,26-23-. The summed E-state index contributed by atoms with van der Waals surface area (Å²) in [5, 5.41) is 0. The molecule has 0 saturated heterocycles. The molecular formula is C49H84O5. The zero-order valence-corrected chi connectivity index (χ0v) is 35.5. The van der Waals surface area contributed by atoms with Crippen LogP contribution in [-0.2, 0) is 23.8 Å². The Labute approximate surface area is 334 Å². The van der Waals surface area contributed by atoms with Crippen molar-refractivity contribution in [1.29, 1.82) is 0 Å². The molecule has 0 aliphatic carbocycles. The molecule has 54 heavy (non-hydrogen) atoms. The molecule has 0 radical (unpaired) electrons. The molecule has 0 aliphatic rings. The zero-order valence-electron chi connectivity index (χ0n) is 35.5. The zero-order chi connectivity index (χ0) is 39.3. The number of carbonyl (C=O) groups is 2. The molecule has 0 heterocycles. The summed E-state index contributed by atoms with van der Waals surface area (Å²) < 4.78 is 17.2. The van der Waals surface area contributed by atoms with E-state index in [1.165, 1.54) is 64.2 Å². The predicted octanol–water partition coefficient (Wildman–Crippen LogP) is 14.8. The van der Waals surface area contributed by atoms with E-state index >= 15 is 0 Å². The summed E-state index contributed by atoms with van der Waals surface area (Å²) in [7, 11) is 0. The maximum atomic E-state index is 12.7. The van der Waals surface area contributed by atoms with Gasteiger partial charge in [-0.3, -0.25) is 9.59 Å². The van der Waals surface area contributed by atoms with E-state index in [1.807, 2.05) is 0 Å². The SMILES string of the molecule is CC/C=C\C/C=C\C/C=C\CCCCCCCCCC(=O)OCC(COCCCCCCCC)OC(=O)CCCCCCC/C=C\C/C=C\C/C=C\CC. The molecule has 5 nitrogen and oxygen atoms in total. The Bertz CT molecular complexity index is 988. The first-order valence-corrected chi connectivity index (χ1v) is 22.5. The fourth-order valence-corrected chi connectivity index (χ4v) is 5.95. The fraction of sp³-hybridized carbons (Fsp3) is 0.714. The summed E-state index contributed by atoms with van der Waals surface area (Å²) in [5.41, 5.74) is 0. The molecular weight excluding hydrogens is 669 g/mol. The van der Waals surface area contributed by atoms with Gasteiger partial charge in [0.1, 0.15) is 6.61 Å². The van der Waals surface area contributed by atoms with E-state index in [9.17, 15) is 9.59 Å². The molecule has 310 valence electrons. The molecule has 1 atom stereocenters. The molecule has 0 aromatic rings. The Morgan fingerprint density at radius 2 is 0.833 bits per heavy atom. The molecule has 5 heteroatoms. The van der Waals surface area contributed by atoms with Crippen molar-refractivity contribution in [3.05, 3.63) is 72.9 Å². The highest BCUT2D eigenvalue weighted by molar-refractivity contribution is 5.70. The Hall–Kier alpha value is -2.66. The number of hydrogen-bond acceptors (Lipinski definition) is 5. The van der Waals surface area contributed by atoms with Gasteiger partial charge in [-0.25, -0.2) is 0 Å². The summed E-state index contributed by atoms with van der Waals surface area (Å²) in [6, 6.07) is 0. The minimum atomic E-state index is -0.546. The van der Waals surface area contributed by atoms with E-state index in [-0.39, 0.29) is 25.2 Å². The third-order valence-electron chi connectivity index (χ3n) is 9.24. The largest absolute Gasteiger partial charge is 0.462 e. The summed E-state index contributed by atoms with van der Waals surface area (Å²) in [4.78, 5) is 25.2. The van der Waals surface area contributed by atoms with Gasteiger partial charge in [0.05, 0.1) is 6.61 Å². The van der Waals surface area contributed by atoms with Gasteiger partial charge in [0.25, 0.3) is 0 Å². The fourth-order valence-electron chi connectivity index (χ4n) is 5.95. The first kappa shape index (κ1) is 51.3. The lowest BCUT2D eigenvalue weighted by Gasteiger charge is -2.18. The second-order valence-corrected chi connectivity index (χ2v) is 14.5. The van der Waals surface area contributed by atoms with Crippen LogP contribution in [0.4, 0.5) is 0 Å². The molecule has 0 amide bonds. The number of unbranched alkanes of at least 4 members (excludes halogenated alkanes) is 17. The number of rotatable bonds is 40.